The van der Waals surface area contributed by atoms with E-state index in [-0.39, 0.29) is 11.5 Å². The number of aliphatic hydroxyl groups is 1. The van der Waals surface area contributed by atoms with Gasteiger partial charge in [0.2, 0.25) is 0 Å². The molecular formula is C10H19NO. The second-order valence-corrected chi connectivity index (χ2v) is 4.69. The van der Waals surface area contributed by atoms with Gasteiger partial charge in [0.05, 0.1) is 6.10 Å². The van der Waals surface area contributed by atoms with Gasteiger partial charge in [-0.05, 0) is 38.1 Å². The first kappa shape index (κ1) is 8.52. The number of hydrogen-bond donors (Lipinski definition) is 2. The molecule has 1 saturated heterocycles. The summed E-state index contributed by atoms with van der Waals surface area (Å²) >= 11 is 0. The van der Waals surface area contributed by atoms with Crippen molar-refractivity contribution < 1.29 is 5.11 Å². The maximum absolute atomic E-state index is 9.94. The molecule has 3 atom stereocenters. The Balaban J connectivity index is 2.09. The van der Waals surface area contributed by atoms with Crippen molar-refractivity contribution in [3.63, 3.8) is 0 Å². The quantitative estimate of drug-likeness (QED) is 0.570. The van der Waals surface area contributed by atoms with E-state index in [9.17, 15) is 5.11 Å². The molecule has 0 aromatic carbocycles. The molecule has 2 rings (SSSR count). The third-order valence-electron chi connectivity index (χ3n) is 3.67. The summed E-state index contributed by atoms with van der Waals surface area (Å²) in [6.45, 7) is 4.45. The van der Waals surface area contributed by atoms with Gasteiger partial charge in [0, 0.05) is 12.0 Å². The molecule has 1 aliphatic heterocycles. The lowest BCUT2D eigenvalue weighted by molar-refractivity contribution is -0.0154. The number of rotatable bonds is 0. The van der Waals surface area contributed by atoms with E-state index in [1.165, 1.54) is 19.3 Å². The van der Waals surface area contributed by atoms with Gasteiger partial charge < -0.3 is 10.4 Å². The minimum atomic E-state index is -0.0382. The SMILES string of the molecule is CC1CCC(O)C2(CCNC2)C1. The molecule has 1 aliphatic carbocycles. The summed E-state index contributed by atoms with van der Waals surface area (Å²) in [4.78, 5) is 0. The number of aliphatic hydroxyl groups excluding tert-OH is 1. The van der Waals surface area contributed by atoms with Crippen molar-refractivity contribution in [2.75, 3.05) is 13.1 Å². The van der Waals surface area contributed by atoms with Crippen LogP contribution in [-0.4, -0.2) is 24.3 Å². The fourth-order valence-electron chi connectivity index (χ4n) is 2.90. The Hall–Kier alpha value is -0.0800. The van der Waals surface area contributed by atoms with Crippen molar-refractivity contribution in [1.82, 2.24) is 5.32 Å². The Morgan fingerprint density at radius 1 is 1.42 bits per heavy atom. The number of hydrogen-bond acceptors (Lipinski definition) is 2. The van der Waals surface area contributed by atoms with Gasteiger partial charge in [-0.2, -0.15) is 0 Å². The molecule has 0 aromatic rings. The highest BCUT2D eigenvalue weighted by atomic mass is 16.3. The first-order chi connectivity index (χ1) is 5.73. The Morgan fingerprint density at radius 3 is 2.92 bits per heavy atom. The molecule has 1 saturated carbocycles. The van der Waals surface area contributed by atoms with Crippen LogP contribution in [0.15, 0.2) is 0 Å². The van der Waals surface area contributed by atoms with Crippen LogP contribution in [0.3, 0.4) is 0 Å². The summed E-state index contributed by atoms with van der Waals surface area (Å²) in [5.41, 5.74) is 0.248. The standard InChI is InChI=1S/C10H19NO/c1-8-2-3-9(12)10(6-8)4-5-11-7-10/h8-9,11-12H,2-7H2,1H3. The van der Waals surface area contributed by atoms with Gasteiger partial charge in [0.25, 0.3) is 0 Å². The van der Waals surface area contributed by atoms with Crippen LogP contribution in [-0.2, 0) is 0 Å². The molecule has 2 heteroatoms. The molecule has 0 bridgehead atoms. The lowest BCUT2D eigenvalue weighted by Gasteiger charge is -2.40. The van der Waals surface area contributed by atoms with Gasteiger partial charge in [-0.3, -0.25) is 0 Å². The molecule has 0 amide bonds. The molecular weight excluding hydrogens is 150 g/mol. The van der Waals surface area contributed by atoms with E-state index in [0.717, 1.165) is 25.4 Å². The number of nitrogens with one attached hydrogen (secondary N) is 1. The first-order valence-electron chi connectivity index (χ1n) is 5.12. The van der Waals surface area contributed by atoms with Gasteiger partial charge in [0.15, 0.2) is 0 Å². The van der Waals surface area contributed by atoms with Crippen LogP contribution in [0.5, 0.6) is 0 Å². The molecule has 1 spiro atoms. The predicted octanol–water partition coefficient (Wildman–Crippen LogP) is 1.15. The second-order valence-electron chi connectivity index (χ2n) is 4.69. The summed E-state index contributed by atoms with van der Waals surface area (Å²) in [6.07, 6.45) is 4.59. The van der Waals surface area contributed by atoms with E-state index in [2.05, 4.69) is 12.2 Å². The smallest absolute Gasteiger partial charge is 0.0609 e. The third kappa shape index (κ3) is 1.27. The summed E-state index contributed by atoms with van der Waals surface area (Å²) in [7, 11) is 0. The van der Waals surface area contributed by atoms with E-state index in [1.807, 2.05) is 0 Å². The normalized spacial score (nSPS) is 48.5. The van der Waals surface area contributed by atoms with Crippen LogP contribution in [0.4, 0.5) is 0 Å². The third-order valence-corrected chi connectivity index (χ3v) is 3.67. The second kappa shape index (κ2) is 3.00. The van der Waals surface area contributed by atoms with Crippen LogP contribution in [0, 0.1) is 11.3 Å². The average Bonchev–Trinajstić information content (AvgIpc) is 2.48. The highest BCUT2D eigenvalue weighted by molar-refractivity contribution is 4.97. The summed E-state index contributed by atoms with van der Waals surface area (Å²) in [5, 5.41) is 13.3. The molecule has 0 radical (unpaired) electrons. The fraction of sp³-hybridized carbons (Fsp3) is 1.00. The Bertz CT molecular complexity index is 163. The van der Waals surface area contributed by atoms with Gasteiger partial charge in [-0.1, -0.05) is 6.92 Å². The highest BCUT2D eigenvalue weighted by Crippen LogP contribution is 2.43. The first-order valence-corrected chi connectivity index (χ1v) is 5.12. The maximum atomic E-state index is 9.94. The minimum Gasteiger partial charge on any atom is -0.392 e. The maximum Gasteiger partial charge on any atom is 0.0609 e. The molecule has 12 heavy (non-hydrogen) atoms. The topological polar surface area (TPSA) is 32.3 Å². The predicted molar refractivity (Wildman–Crippen MR) is 48.9 cm³/mol. The van der Waals surface area contributed by atoms with E-state index in [1.54, 1.807) is 0 Å². The van der Waals surface area contributed by atoms with Crippen molar-refractivity contribution in [2.45, 2.75) is 38.7 Å². The molecule has 2 nitrogen and oxygen atoms in total. The summed E-state index contributed by atoms with van der Waals surface area (Å²) in [6, 6.07) is 0. The lowest BCUT2D eigenvalue weighted by atomic mass is 9.68. The van der Waals surface area contributed by atoms with Gasteiger partial charge >= 0.3 is 0 Å². The van der Waals surface area contributed by atoms with Crippen molar-refractivity contribution >= 4 is 0 Å². The molecule has 2 aliphatic rings. The molecule has 3 unspecified atom stereocenters. The van der Waals surface area contributed by atoms with Gasteiger partial charge in [-0.25, -0.2) is 0 Å². The fourth-order valence-corrected chi connectivity index (χ4v) is 2.90. The van der Waals surface area contributed by atoms with Crippen molar-refractivity contribution in [1.29, 1.82) is 0 Å². The van der Waals surface area contributed by atoms with E-state index in [4.69, 9.17) is 0 Å². The monoisotopic (exact) mass is 169 g/mol. The van der Waals surface area contributed by atoms with E-state index < -0.39 is 0 Å². The molecule has 70 valence electrons. The summed E-state index contributed by atoms with van der Waals surface area (Å²) in [5.74, 6) is 0.813. The van der Waals surface area contributed by atoms with E-state index in [0.29, 0.717) is 0 Å². The Kier molecular flexibility index (Phi) is 2.13. The zero-order chi connectivity index (χ0) is 8.60. The molecule has 2 N–H and O–H groups in total. The van der Waals surface area contributed by atoms with Crippen LogP contribution in [0.25, 0.3) is 0 Å². The van der Waals surface area contributed by atoms with Crippen molar-refractivity contribution in [3.05, 3.63) is 0 Å². The Labute approximate surface area is 74.4 Å². The molecule has 0 aromatic heterocycles. The van der Waals surface area contributed by atoms with Gasteiger partial charge in [-0.15, -0.1) is 0 Å². The van der Waals surface area contributed by atoms with Crippen LogP contribution in [0.2, 0.25) is 0 Å². The van der Waals surface area contributed by atoms with Crippen LogP contribution >= 0.6 is 0 Å². The Morgan fingerprint density at radius 2 is 2.25 bits per heavy atom. The summed E-state index contributed by atoms with van der Waals surface area (Å²) < 4.78 is 0. The zero-order valence-electron chi connectivity index (χ0n) is 7.84. The largest absolute Gasteiger partial charge is 0.392 e. The average molecular weight is 169 g/mol. The van der Waals surface area contributed by atoms with Crippen LogP contribution < -0.4 is 5.32 Å². The lowest BCUT2D eigenvalue weighted by Crippen LogP contribution is -2.42. The van der Waals surface area contributed by atoms with Crippen molar-refractivity contribution in [3.8, 4) is 0 Å². The highest BCUT2D eigenvalue weighted by Gasteiger charge is 2.43. The van der Waals surface area contributed by atoms with Crippen LogP contribution in [0.1, 0.15) is 32.6 Å². The zero-order valence-corrected chi connectivity index (χ0v) is 7.84. The van der Waals surface area contributed by atoms with Gasteiger partial charge in [0.1, 0.15) is 0 Å². The van der Waals surface area contributed by atoms with E-state index >= 15 is 0 Å². The minimum absolute atomic E-state index is 0.0382. The van der Waals surface area contributed by atoms with Crippen molar-refractivity contribution in [2.24, 2.45) is 11.3 Å². The molecule has 1 heterocycles. The molecule has 2 fully saturated rings.